The van der Waals surface area contributed by atoms with E-state index in [1.54, 1.807) is 11.9 Å². The molecule has 1 aromatic rings. The number of nitrogens with two attached hydrogens (primary N) is 1. The molecule has 1 heterocycles. The first-order valence-electron chi connectivity index (χ1n) is 5.25. The van der Waals surface area contributed by atoms with Crippen molar-refractivity contribution >= 4 is 24.2 Å². The van der Waals surface area contributed by atoms with Crippen LogP contribution < -0.4 is 16.2 Å². The molecule has 7 heteroatoms. The van der Waals surface area contributed by atoms with Crippen LogP contribution in [0.1, 0.15) is 13.3 Å². The Kier molecular flexibility index (Phi) is 4.65. The molecule has 0 amide bonds. The molecule has 0 bridgehead atoms. The van der Waals surface area contributed by atoms with Gasteiger partial charge in [0, 0.05) is 13.7 Å². The quantitative estimate of drug-likeness (QED) is 0.428. The first-order chi connectivity index (χ1) is 8.10. The van der Waals surface area contributed by atoms with Crippen molar-refractivity contribution in [2.24, 2.45) is 4.99 Å². The van der Waals surface area contributed by atoms with Gasteiger partial charge in [0.05, 0.1) is 0 Å². The Morgan fingerprint density at radius 2 is 2.35 bits per heavy atom. The number of nitrogen functional groups attached to an aromatic ring is 1. The minimum absolute atomic E-state index is 0.0414. The molecule has 0 aliphatic heterocycles. The van der Waals surface area contributed by atoms with Crippen molar-refractivity contribution in [2.75, 3.05) is 31.0 Å². The van der Waals surface area contributed by atoms with E-state index >= 15 is 0 Å². The molecule has 0 aliphatic rings. The normalized spacial score (nSPS) is 10.2. The number of H-pyrrole nitrogens is 1. The lowest BCUT2D eigenvalue weighted by atomic mass is 10.4. The monoisotopic (exact) mass is 239 g/mol. The second kappa shape index (κ2) is 6.00. The average molecular weight is 239 g/mol. The Labute approximate surface area is 99.3 Å². The van der Waals surface area contributed by atoms with Gasteiger partial charge in [0.1, 0.15) is 6.73 Å². The maximum atomic E-state index is 11.5. The number of nitrogens with one attached hydrogen (secondary N) is 1. The van der Waals surface area contributed by atoms with Crippen LogP contribution in [-0.2, 0) is 4.74 Å². The number of aromatic nitrogens is 2. The third kappa shape index (κ3) is 3.28. The van der Waals surface area contributed by atoms with Crippen LogP contribution in [0, 0.1) is 0 Å². The van der Waals surface area contributed by atoms with E-state index in [1.165, 1.54) is 0 Å². The highest BCUT2D eigenvalue weighted by Gasteiger charge is 2.13. The first kappa shape index (κ1) is 13.2. The van der Waals surface area contributed by atoms with E-state index in [0.29, 0.717) is 19.2 Å². The lowest BCUT2D eigenvalue weighted by molar-refractivity contribution is 0.137. The van der Waals surface area contributed by atoms with E-state index in [-0.39, 0.29) is 11.6 Å². The van der Waals surface area contributed by atoms with Gasteiger partial charge in [-0.1, -0.05) is 6.92 Å². The summed E-state index contributed by atoms with van der Waals surface area (Å²) in [5.41, 5.74) is 5.21. The van der Waals surface area contributed by atoms with Crippen LogP contribution >= 0.6 is 0 Å². The third-order valence-electron chi connectivity index (χ3n) is 2.05. The smallest absolute Gasteiger partial charge is 0.280 e. The Balaban J connectivity index is 2.95. The summed E-state index contributed by atoms with van der Waals surface area (Å²) in [6, 6.07) is 0. The summed E-state index contributed by atoms with van der Waals surface area (Å²) < 4.78 is 5.35. The largest absolute Gasteiger partial charge is 0.369 e. The predicted octanol–water partition coefficient (Wildman–Crippen LogP) is 0.505. The van der Waals surface area contributed by atoms with Gasteiger partial charge in [-0.15, -0.1) is 0 Å². The van der Waals surface area contributed by atoms with Crippen molar-refractivity contribution in [3.8, 4) is 0 Å². The van der Waals surface area contributed by atoms with Crippen molar-refractivity contribution < 1.29 is 4.74 Å². The van der Waals surface area contributed by atoms with Crippen LogP contribution in [0.4, 0.5) is 17.5 Å². The van der Waals surface area contributed by atoms with Gasteiger partial charge in [-0.3, -0.25) is 14.8 Å². The van der Waals surface area contributed by atoms with Gasteiger partial charge in [-0.05, 0) is 13.1 Å². The number of aromatic amines is 1. The van der Waals surface area contributed by atoms with Gasteiger partial charge in [-0.2, -0.15) is 4.98 Å². The molecule has 0 saturated carbocycles. The summed E-state index contributed by atoms with van der Waals surface area (Å²) in [4.78, 5) is 23.2. The zero-order chi connectivity index (χ0) is 12.8. The molecule has 0 radical (unpaired) electrons. The van der Waals surface area contributed by atoms with Gasteiger partial charge < -0.3 is 15.4 Å². The maximum absolute atomic E-state index is 11.5. The molecule has 0 spiro atoms. The van der Waals surface area contributed by atoms with Gasteiger partial charge in [0.25, 0.3) is 5.56 Å². The van der Waals surface area contributed by atoms with Gasteiger partial charge >= 0.3 is 0 Å². The fourth-order valence-electron chi connectivity index (χ4n) is 1.29. The molecule has 0 fully saturated rings. The van der Waals surface area contributed by atoms with Crippen LogP contribution in [0.3, 0.4) is 0 Å². The summed E-state index contributed by atoms with van der Waals surface area (Å²) in [6.07, 6.45) is 0.922. The van der Waals surface area contributed by atoms with Gasteiger partial charge in [0.2, 0.25) is 5.95 Å². The summed E-state index contributed by atoms with van der Waals surface area (Å²) in [6.45, 7) is 6.31. The molecule has 1 rings (SSSR count). The summed E-state index contributed by atoms with van der Waals surface area (Å²) in [7, 11) is 1.74. The molecule has 7 nitrogen and oxygen atoms in total. The topological polar surface area (TPSA) is 96.6 Å². The first-order valence-corrected chi connectivity index (χ1v) is 5.25. The van der Waals surface area contributed by atoms with E-state index in [9.17, 15) is 4.79 Å². The Morgan fingerprint density at radius 1 is 1.65 bits per heavy atom. The Hall–Kier alpha value is -1.89. The molecule has 3 N–H and O–H groups in total. The van der Waals surface area contributed by atoms with Crippen molar-refractivity contribution in [2.45, 2.75) is 13.3 Å². The Morgan fingerprint density at radius 3 is 2.94 bits per heavy atom. The molecule has 0 atom stereocenters. The van der Waals surface area contributed by atoms with Crippen molar-refractivity contribution in [3.63, 3.8) is 0 Å². The zero-order valence-corrected chi connectivity index (χ0v) is 10.1. The average Bonchev–Trinajstić information content (AvgIpc) is 2.28. The van der Waals surface area contributed by atoms with E-state index in [2.05, 4.69) is 21.7 Å². The number of hydrogen-bond donors (Lipinski definition) is 2. The highest BCUT2D eigenvalue weighted by molar-refractivity contribution is 5.64. The summed E-state index contributed by atoms with van der Waals surface area (Å²) in [5.74, 6) is 0.400. The van der Waals surface area contributed by atoms with E-state index in [0.717, 1.165) is 6.42 Å². The lowest BCUT2D eigenvalue weighted by Gasteiger charge is -2.19. The fourth-order valence-corrected chi connectivity index (χ4v) is 1.29. The lowest BCUT2D eigenvalue weighted by Crippen LogP contribution is -2.25. The zero-order valence-electron chi connectivity index (χ0n) is 10.1. The minimum atomic E-state index is -0.412. The third-order valence-corrected chi connectivity index (χ3v) is 2.05. The maximum Gasteiger partial charge on any atom is 0.280 e. The molecule has 0 unspecified atom stereocenters. The predicted molar refractivity (Wildman–Crippen MR) is 68.0 cm³/mol. The van der Waals surface area contributed by atoms with Crippen molar-refractivity contribution in [1.82, 2.24) is 9.97 Å². The van der Waals surface area contributed by atoms with Crippen LogP contribution in [0.5, 0.6) is 0 Å². The molecule has 0 aliphatic carbocycles. The molecule has 94 valence electrons. The number of anilines is 2. The molecule has 0 saturated heterocycles. The second-order valence-corrected chi connectivity index (χ2v) is 3.52. The number of nitrogens with zero attached hydrogens (tertiary/aromatic N) is 3. The van der Waals surface area contributed by atoms with Gasteiger partial charge in [0.15, 0.2) is 11.5 Å². The van der Waals surface area contributed by atoms with E-state index < -0.39 is 5.56 Å². The van der Waals surface area contributed by atoms with E-state index in [1.807, 2.05) is 6.92 Å². The van der Waals surface area contributed by atoms with Crippen LogP contribution in [0.15, 0.2) is 9.79 Å². The fraction of sp³-hybridized carbons (Fsp3) is 0.500. The highest BCUT2D eigenvalue weighted by atomic mass is 16.5. The molecule has 1 aromatic heterocycles. The Bertz CT molecular complexity index is 443. The number of aliphatic imine (C=N–C) groups is 1. The number of hydrogen-bond acceptors (Lipinski definition) is 6. The molecular weight excluding hydrogens is 222 g/mol. The number of rotatable bonds is 6. The van der Waals surface area contributed by atoms with E-state index in [4.69, 9.17) is 10.5 Å². The van der Waals surface area contributed by atoms with Crippen LogP contribution in [0.2, 0.25) is 0 Å². The number of ether oxygens (including phenoxy) is 1. The standard InChI is InChI=1S/C10H17N5O2/c1-4-5-17-6-15(3)8-7(12-2)9(16)14-10(11)13-8/h2,4-6H2,1,3H3,(H3,11,13,14,16). The summed E-state index contributed by atoms with van der Waals surface area (Å²) >= 11 is 0. The van der Waals surface area contributed by atoms with Crippen LogP contribution in [-0.4, -0.2) is 37.1 Å². The molecular formula is C10H17N5O2. The van der Waals surface area contributed by atoms with Crippen LogP contribution in [0.25, 0.3) is 0 Å². The minimum Gasteiger partial charge on any atom is -0.369 e. The molecule has 17 heavy (non-hydrogen) atoms. The summed E-state index contributed by atoms with van der Waals surface area (Å²) in [5, 5.41) is 0. The highest BCUT2D eigenvalue weighted by Crippen LogP contribution is 2.20. The SMILES string of the molecule is C=Nc1c(N(C)COCCC)nc(N)[nH]c1=O. The second-order valence-electron chi connectivity index (χ2n) is 3.52. The van der Waals surface area contributed by atoms with Crippen molar-refractivity contribution in [1.29, 1.82) is 0 Å². The van der Waals surface area contributed by atoms with Crippen molar-refractivity contribution in [3.05, 3.63) is 10.4 Å². The van der Waals surface area contributed by atoms with Gasteiger partial charge in [-0.25, -0.2) is 0 Å². The molecule has 0 aromatic carbocycles.